The summed E-state index contributed by atoms with van der Waals surface area (Å²) in [7, 11) is 0. The van der Waals surface area contributed by atoms with Crippen molar-refractivity contribution in [1.82, 2.24) is 20.5 Å². The molecule has 2 aromatic heterocycles. The molecular weight excluding hydrogens is 326 g/mol. The van der Waals surface area contributed by atoms with E-state index in [0.29, 0.717) is 6.04 Å². The Morgan fingerprint density at radius 1 is 1.53 bits per heavy atom. The molecule has 0 saturated carbocycles. The van der Waals surface area contributed by atoms with Gasteiger partial charge in [0.1, 0.15) is 0 Å². The number of aryl methyl sites for hydroxylation is 1. The van der Waals surface area contributed by atoms with Crippen molar-refractivity contribution < 1.29 is 0 Å². The molecule has 1 aliphatic heterocycles. The minimum atomic E-state index is 0.480. The highest BCUT2D eigenvalue weighted by Gasteiger charge is 2.20. The molecule has 2 aromatic rings. The number of halogens is 1. The Morgan fingerprint density at radius 3 is 3.05 bits per heavy atom. The smallest absolute Gasteiger partial charge is 0.245 e. The third-order valence-corrected chi connectivity index (χ3v) is 5.36. The van der Waals surface area contributed by atoms with E-state index in [1.165, 1.54) is 5.56 Å². The van der Waals surface area contributed by atoms with Crippen molar-refractivity contribution in [1.29, 1.82) is 0 Å². The molecule has 1 atom stereocenters. The second-order valence-corrected chi connectivity index (χ2v) is 7.22. The van der Waals surface area contributed by atoms with Crippen LogP contribution in [-0.2, 0) is 0 Å². The fourth-order valence-corrected chi connectivity index (χ4v) is 3.67. The van der Waals surface area contributed by atoms with E-state index in [1.54, 1.807) is 11.3 Å². The Hall–Kier alpha value is -0.920. The zero-order chi connectivity index (χ0) is 13.4. The molecule has 2 N–H and O–H groups in total. The molecule has 19 heavy (non-hydrogen) atoms. The van der Waals surface area contributed by atoms with Gasteiger partial charge in [0.25, 0.3) is 0 Å². The highest BCUT2D eigenvalue weighted by molar-refractivity contribution is 9.11. The molecule has 0 aliphatic carbocycles. The molecule has 1 fully saturated rings. The van der Waals surface area contributed by atoms with Gasteiger partial charge in [-0.1, -0.05) is 0 Å². The van der Waals surface area contributed by atoms with Gasteiger partial charge in [0.15, 0.2) is 5.82 Å². The number of hydrogen-bond acceptors (Lipinski definition) is 5. The maximum Gasteiger partial charge on any atom is 0.245 e. The molecule has 1 aliphatic rings. The number of aromatic nitrogens is 3. The highest BCUT2D eigenvalue weighted by atomic mass is 79.9. The number of aromatic amines is 1. The van der Waals surface area contributed by atoms with E-state index < -0.39 is 0 Å². The van der Waals surface area contributed by atoms with Crippen LogP contribution < -0.4 is 10.2 Å². The van der Waals surface area contributed by atoms with Crippen LogP contribution in [0, 0.1) is 6.92 Å². The van der Waals surface area contributed by atoms with Crippen LogP contribution in [0.4, 0.5) is 5.95 Å². The summed E-state index contributed by atoms with van der Waals surface area (Å²) >= 11 is 5.22. The summed E-state index contributed by atoms with van der Waals surface area (Å²) < 4.78 is 1.15. The van der Waals surface area contributed by atoms with Crippen molar-refractivity contribution in [3.05, 3.63) is 15.4 Å². The van der Waals surface area contributed by atoms with Gasteiger partial charge in [0.05, 0.1) is 8.66 Å². The van der Waals surface area contributed by atoms with Crippen LogP contribution in [-0.4, -0.2) is 40.9 Å². The predicted molar refractivity (Wildman–Crippen MR) is 81.8 cm³/mol. The summed E-state index contributed by atoms with van der Waals surface area (Å²) in [5.74, 6) is 1.64. The van der Waals surface area contributed by atoms with Crippen LogP contribution >= 0.6 is 27.3 Å². The topological polar surface area (TPSA) is 56.8 Å². The predicted octanol–water partition coefficient (Wildman–Crippen LogP) is 2.40. The van der Waals surface area contributed by atoms with E-state index in [2.05, 4.69) is 61.2 Å². The highest BCUT2D eigenvalue weighted by Crippen LogP contribution is 2.33. The molecule has 0 amide bonds. The van der Waals surface area contributed by atoms with Gasteiger partial charge in [-0.05, 0) is 41.4 Å². The van der Waals surface area contributed by atoms with E-state index in [4.69, 9.17) is 0 Å². The van der Waals surface area contributed by atoms with E-state index in [9.17, 15) is 0 Å². The Labute approximate surface area is 124 Å². The van der Waals surface area contributed by atoms with Crippen LogP contribution in [0.5, 0.6) is 0 Å². The Balaban J connectivity index is 1.82. The molecule has 0 spiro atoms. The first-order valence-electron chi connectivity index (χ1n) is 6.30. The van der Waals surface area contributed by atoms with E-state index in [-0.39, 0.29) is 0 Å². The molecule has 7 heteroatoms. The third-order valence-electron chi connectivity index (χ3n) is 3.22. The minimum Gasteiger partial charge on any atom is -0.337 e. The molecule has 5 nitrogen and oxygen atoms in total. The molecule has 0 unspecified atom stereocenters. The lowest BCUT2D eigenvalue weighted by molar-refractivity contribution is 0.480. The molecule has 0 radical (unpaired) electrons. The molecular formula is C12H16BrN5S. The molecule has 0 aromatic carbocycles. The molecule has 3 heterocycles. The van der Waals surface area contributed by atoms with Crippen molar-refractivity contribution in [2.75, 3.05) is 24.5 Å². The Morgan fingerprint density at radius 2 is 2.37 bits per heavy atom. The van der Waals surface area contributed by atoms with Crippen molar-refractivity contribution in [3.8, 4) is 10.7 Å². The van der Waals surface area contributed by atoms with Gasteiger partial charge in [-0.3, -0.25) is 5.10 Å². The number of piperazine rings is 1. The van der Waals surface area contributed by atoms with E-state index in [0.717, 1.165) is 40.1 Å². The van der Waals surface area contributed by atoms with Crippen LogP contribution in [0.25, 0.3) is 10.7 Å². The summed E-state index contributed by atoms with van der Waals surface area (Å²) in [5.41, 5.74) is 1.23. The number of thiophene rings is 1. The van der Waals surface area contributed by atoms with Crippen molar-refractivity contribution >= 4 is 33.2 Å². The van der Waals surface area contributed by atoms with Gasteiger partial charge >= 0.3 is 0 Å². The fourth-order valence-electron chi connectivity index (χ4n) is 2.20. The third kappa shape index (κ3) is 2.68. The number of nitrogens with one attached hydrogen (secondary N) is 2. The minimum absolute atomic E-state index is 0.480. The summed E-state index contributed by atoms with van der Waals surface area (Å²) in [5, 5.41) is 10.8. The van der Waals surface area contributed by atoms with Gasteiger partial charge in [-0.25, -0.2) is 0 Å². The van der Waals surface area contributed by atoms with E-state index in [1.807, 2.05) is 0 Å². The van der Waals surface area contributed by atoms with E-state index >= 15 is 0 Å². The van der Waals surface area contributed by atoms with Gasteiger partial charge in [-0.15, -0.1) is 16.4 Å². The van der Waals surface area contributed by atoms with Crippen LogP contribution in [0.1, 0.15) is 12.5 Å². The molecule has 3 rings (SSSR count). The first kappa shape index (κ1) is 13.1. The van der Waals surface area contributed by atoms with Crippen LogP contribution in [0.15, 0.2) is 9.85 Å². The van der Waals surface area contributed by atoms with Crippen LogP contribution in [0.2, 0.25) is 0 Å². The molecule has 0 bridgehead atoms. The summed E-state index contributed by atoms with van der Waals surface area (Å²) in [6.07, 6.45) is 0. The first-order chi connectivity index (χ1) is 9.13. The van der Waals surface area contributed by atoms with Gasteiger partial charge < -0.3 is 10.2 Å². The lowest BCUT2D eigenvalue weighted by atomic mass is 10.2. The van der Waals surface area contributed by atoms with Crippen molar-refractivity contribution in [3.63, 3.8) is 0 Å². The number of anilines is 1. The largest absolute Gasteiger partial charge is 0.337 e. The number of hydrogen-bond donors (Lipinski definition) is 2. The zero-order valence-electron chi connectivity index (χ0n) is 10.9. The SMILES string of the molecule is Cc1cc(-c2nc(N3CCN[C@H](C)C3)n[nH]2)sc1Br. The number of nitrogens with zero attached hydrogens (tertiary/aromatic N) is 3. The fraction of sp³-hybridized carbons (Fsp3) is 0.500. The summed E-state index contributed by atoms with van der Waals surface area (Å²) in [6.45, 7) is 7.15. The Kier molecular flexibility index (Phi) is 3.60. The maximum absolute atomic E-state index is 4.61. The van der Waals surface area contributed by atoms with Gasteiger partial charge in [0, 0.05) is 25.7 Å². The quantitative estimate of drug-likeness (QED) is 0.880. The Bertz CT molecular complexity index is 559. The summed E-state index contributed by atoms with van der Waals surface area (Å²) in [4.78, 5) is 7.95. The van der Waals surface area contributed by atoms with Crippen LogP contribution in [0.3, 0.4) is 0 Å². The first-order valence-corrected chi connectivity index (χ1v) is 7.91. The van der Waals surface area contributed by atoms with Crippen molar-refractivity contribution in [2.24, 2.45) is 0 Å². The standard InChI is InChI=1S/C12H16BrN5S/c1-7-5-9(19-10(7)13)11-15-12(17-16-11)18-4-3-14-8(2)6-18/h5,8,14H,3-4,6H2,1-2H3,(H,15,16,17)/t8-/m1/s1. The molecule has 1 saturated heterocycles. The monoisotopic (exact) mass is 341 g/mol. The van der Waals surface area contributed by atoms with Gasteiger partial charge in [0.2, 0.25) is 5.95 Å². The number of H-pyrrole nitrogens is 1. The number of rotatable bonds is 2. The normalized spacial score (nSPS) is 19.9. The van der Waals surface area contributed by atoms with Gasteiger partial charge in [-0.2, -0.15) is 4.98 Å². The summed E-state index contributed by atoms with van der Waals surface area (Å²) in [6, 6.07) is 2.60. The second kappa shape index (κ2) is 5.22. The zero-order valence-corrected chi connectivity index (χ0v) is 13.3. The molecule has 102 valence electrons. The van der Waals surface area contributed by atoms with Crippen molar-refractivity contribution in [2.45, 2.75) is 19.9 Å². The lowest BCUT2D eigenvalue weighted by Gasteiger charge is -2.30. The average molecular weight is 342 g/mol. The second-order valence-electron chi connectivity index (χ2n) is 4.85. The lowest BCUT2D eigenvalue weighted by Crippen LogP contribution is -2.49. The average Bonchev–Trinajstić information content (AvgIpc) is 2.97. The maximum atomic E-state index is 4.61.